The summed E-state index contributed by atoms with van der Waals surface area (Å²) in [7, 11) is 3.22. The molecule has 3 nitrogen and oxygen atoms in total. The van der Waals surface area contributed by atoms with Crippen LogP contribution in [0.3, 0.4) is 0 Å². The summed E-state index contributed by atoms with van der Waals surface area (Å²) >= 11 is 3.53. The van der Waals surface area contributed by atoms with Gasteiger partial charge < -0.3 is 14.6 Å². The van der Waals surface area contributed by atoms with Crippen LogP contribution in [0.25, 0.3) is 0 Å². The van der Waals surface area contributed by atoms with Crippen LogP contribution in [-0.2, 0) is 16.8 Å². The molecule has 0 bridgehead atoms. The monoisotopic (exact) mass is 350 g/mol. The minimum atomic E-state index is -1.08. The molecule has 0 saturated carbocycles. The van der Waals surface area contributed by atoms with E-state index >= 15 is 0 Å². The number of benzene rings is 2. The Hall–Kier alpha value is -1.36. The normalized spacial score (nSPS) is 13.7. The largest absolute Gasteiger partial charge is 0.497 e. The third kappa shape index (κ3) is 3.84. The van der Waals surface area contributed by atoms with Gasteiger partial charge in [-0.05, 0) is 29.3 Å². The molecule has 1 unspecified atom stereocenters. The Labute approximate surface area is 133 Å². The second kappa shape index (κ2) is 7.07. The number of hydrogen-bond acceptors (Lipinski definition) is 3. The molecule has 0 fully saturated rings. The highest BCUT2D eigenvalue weighted by Gasteiger charge is 2.30. The van der Waals surface area contributed by atoms with Crippen LogP contribution < -0.4 is 4.74 Å². The maximum absolute atomic E-state index is 11.0. The predicted molar refractivity (Wildman–Crippen MR) is 86.6 cm³/mol. The number of rotatable bonds is 6. The van der Waals surface area contributed by atoms with Crippen LogP contribution in [0.4, 0.5) is 0 Å². The Morgan fingerprint density at radius 1 is 1.10 bits per heavy atom. The van der Waals surface area contributed by atoms with Crippen LogP contribution in [0.1, 0.15) is 11.1 Å². The second-order valence-electron chi connectivity index (χ2n) is 4.96. The minimum absolute atomic E-state index is 0.223. The lowest BCUT2D eigenvalue weighted by Crippen LogP contribution is -2.34. The van der Waals surface area contributed by atoms with Gasteiger partial charge in [0.05, 0.1) is 13.7 Å². The maximum atomic E-state index is 11.0. The lowest BCUT2D eigenvalue weighted by Gasteiger charge is -2.28. The molecule has 2 aromatic rings. The van der Waals surface area contributed by atoms with Gasteiger partial charge in [-0.15, -0.1) is 0 Å². The molecule has 1 N–H and O–H groups in total. The lowest BCUT2D eigenvalue weighted by molar-refractivity contribution is -0.0356. The zero-order chi connectivity index (χ0) is 15.3. The summed E-state index contributed by atoms with van der Waals surface area (Å²) in [6.45, 7) is 0.223. The number of methoxy groups -OCH3 is 2. The number of hydrogen-bond donors (Lipinski definition) is 1. The van der Waals surface area contributed by atoms with E-state index in [1.807, 2.05) is 48.5 Å². The molecule has 2 aromatic carbocycles. The second-order valence-corrected chi connectivity index (χ2v) is 5.82. The summed E-state index contributed by atoms with van der Waals surface area (Å²) in [5.41, 5.74) is 0.726. The van der Waals surface area contributed by atoms with Crippen LogP contribution in [0.15, 0.2) is 53.0 Å². The van der Waals surface area contributed by atoms with Crippen LogP contribution in [-0.4, -0.2) is 25.9 Å². The van der Waals surface area contributed by atoms with Gasteiger partial charge in [0, 0.05) is 18.0 Å². The van der Waals surface area contributed by atoms with E-state index in [1.165, 1.54) is 0 Å². The molecule has 21 heavy (non-hydrogen) atoms. The Morgan fingerprint density at radius 3 is 2.43 bits per heavy atom. The van der Waals surface area contributed by atoms with Gasteiger partial charge in [0.1, 0.15) is 11.4 Å². The van der Waals surface area contributed by atoms with Gasteiger partial charge in [-0.25, -0.2) is 0 Å². The molecular formula is C17H19BrO3. The Balaban J connectivity index is 2.36. The van der Waals surface area contributed by atoms with Crippen LogP contribution in [0.5, 0.6) is 5.75 Å². The first kappa shape index (κ1) is 16.0. The van der Waals surface area contributed by atoms with E-state index in [4.69, 9.17) is 9.47 Å². The molecule has 0 aliphatic heterocycles. The molecule has 4 heteroatoms. The van der Waals surface area contributed by atoms with E-state index in [0.29, 0.717) is 6.42 Å². The zero-order valence-corrected chi connectivity index (χ0v) is 13.8. The fourth-order valence-corrected chi connectivity index (χ4v) is 2.74. The van der Waals surface area contributed by atoms with Crippen molar-refractivity contribution in [1.29, 1.82) is 0 Å². The first-order valence-electron chi connectivity index (χ1n) is 6.68. The van der Waals surface area contributed by atoms with Crippen molar-refractivity contribution >= 4 is 15.9 Å². The summed E-state index contributed by atoms with van der Waals surface area (Å²) in [6.07, 6.45) is 0.433. The highest BCUT2D eigenvalue weighted by atomic mass is 79.9. The Bertz CT molecular complexity index is 586. The van der Waals surface area contributed by atoms with E-state index in [1.54, 1.807) is 14.2 Å². The average molecular weight is 351 g/mol. The van der Waals surface area contributed by atoms with E-state index in [0.717, 1.165) is 21.3 Å². The quantitative estimate of drug-likeness (QED) is 0.865. The van der Waals surface area contributed by atoms with E-state index in [2.05, 4.69) is 15.9 Å². The van der Waals surface area contributed by atoms with Crippen LogP contribution >= 0.6 is 15.9 Å². The standard InChI is InChI=1S/C17H19BrO3/c1-20-12-17(19,14-6-4-3-5-7-14)11-13-10-15(21-2)8-9-16(13)18/h3-10,19H,11-12H2,1-2H3. The molecule has 1 atom stereocenters. The fourth-order valence-electron chi connectivity index (χ4n) is 2.35. The summed E-state index contributed by atoms with van der Waals surface area (Å²) in [5.74, 6) is 0.765. The van der Waals surface area contributed by atoms with Gasteiger partial charge in [-0.2, -0.15) is 0 Å². The molecule has 0 heterocycles. The third-order valence-electron chi connectivity index (χ3n) is 3.43. The van der Waals surface area contributed by atoms with Gasteiger partial charge >= 0.3 is 0 Å². The zero-order valence-electron chi connectivity index (χ0n) is 12.2. The number of halogens is 1. The molecule has 0 aliphatic carbocycles. The third-order valence-corrected chi connectivity index (χ3v) is 4.20. The van der Waals surface area contributed by atoms with Gasteiger partial charge in [0.25, 0.3) is 0 Å². The molecule has 0 spiro atoms. The summed E-state index contributed by atoms with van der Waals surface area (Å²) in [4.78, 5) is 0. The molecule has 112 valence electrons. The predicted octanol–water partition coefficient (Wildman–Crippen LogP) is 3.53. The average Bonchev–Trinajstić information content (AvgIpc) is 2.51. The van der Waals surface area contributed by atoms with Crippen molar-refractivity contribution in [2.45, 2.75) is 12.0 Å². The molecule has 0 aliphatic rings. The van der Waals surface area contributed by atoms with Crippen molar-refractivity contribution in [2.75, 3.05) is 20.8 Å². The Morgan fingerprint density at radius 2 is 1.81 bits per heavy atom. The molecule has 0 radical (unpaired) electrons. The van der Waals surface area contributed by atoms with Crippen molar-refractivity contribution in [3.63, 3.8) is 0 Å². The van der Waals surface area contributed by atoms with Crippen LogP contribution in [0, 0.1) is 0 Å². The highest BCUT2D eigenvalue weighted by Crippen LogP contribution is 2.31. The topological polar surface area (TPSA) is 38.7 Å². The minimum Gasteiger partial charge on any atom is -0.497 e. The number of ether oxygens (including phenoxy) is 2. The fraction of sp³-hybridized carbons (Fsp3) is 0.294. The van der Waals surface area contributed by atoms with Gasteiger partial charge in [-0.1, -0.05) is 46.3 Å². The van der Waals surface area contributed by atoms with E-state index in [9.17, 15) is 5.11 Å². The molecule has 2 rings (SSSR count). The van der Waals surface area contributed by atoms with Gasteiger partial charge in [-0.3, -0.25) is 0 Å². The van der Waals surface area contributed by atoms with Crippen molar-refractivity contribution < 1.29 is 14.6 Å². The molecular weight excluding hydrogens is 332 g/mol. The van der Waals surface area contributed by atoms with Gasteiger partial charge in [0.15, 0.2) is 0 Å². The van der Waals surface area contributed by atoms with E-state index in [-0.39, 0.29) is 6.61 Å². The number of aliphatic hydroxyl groups is 1. The first-order valence-corrected chi connectivity index (χ1v) is 7.47. The SMILES string of the molecule is COCC(O)(Cc1cc(OC)ccc1Br)c1ccccc1. The lowest BCUT2D eigenvalue weighted by atomic mass is 9.88. The highest BCUT2D eigenvalue weighted by molar-refractivity contribution is 9.10. The van der Waals surface area contributed by atoms with E-state index < -0.39 is 5.60 Å². The van der Waals surface area contributed by atoms with Crippen molar-refractivity contribution in [1.82, 2.24) is 0 Å². The van der Waals surface area contributed by atoms with Gasteiger partial charge in [0.2, 0.25) is 0 Å². The first-order chi connectivity index (χ1) is 10.1. The van der Waals surface area contributed by atoms with Crippen molar-refractivity contribution in [3.05, 3.63) is 64.1 Å². The molecule has 0 aromatic heterocycles. The summed E-state index contributed by atoms with van der Waals surface area (Å²) in [6, 6.07) is 15.3. The molecule has 0 amide bonds. The summed E-state index contributed by atoms with van der Waals surface area (Å²) in [5, 5.41) is 11.0. The molecule has 0 saturated heterocycles. The maximum Gasteiger partial charge on any atom is 0.119 e. The van der Waals surface area contributed by atoms with Crippen LogP contribution in [0.2, 0.25) is 0 Å². The Kier molecular flexibility index (Phi) is 5.39. The van der Waals surface area contributed by atoms with Crippen molar-refractivity contribution in [2.24, 2.45) is 0 Å². The van der Waals surface area contributed by atoms with Crippen molar-refractivity contribution in [3.8, 4) is 5.75 Å². The summed E-state index contributed by atoms with van der Waals surface area (Å²) < 4.78 is 11.4. The smallest absolute Gasteiger partial charge is 0.119 e.